The number of likely N-dealkylation sites (N-methyl/N-ethyl adjacent to an activating group) is 1. The second kappa shape index (κ2) is 8.19. The predicted octanol–water partition coefficient (Wildman–Crippen LogP) is 3.11. The molecule has 0 aliphatic rings. The maximum Gasteiger partial charge on any atom is 0.257 e. The Kier molecular flexibility index (Phi) is 6.00. The Morgan fingerprint density at radius 2 is 1.91 bits per heavy atom. The minimum absolute atomic E-state index is 0.0737. The average molecular weight is 333 g/mol. The predicted molar refractivity (Wildman–Crippen MR) is 90.0 cm³/mol. The largest absolute Gasteiger partial charge is 0.484 e. The molecule has 0 bridgehead atoms. The lowest BCUT2D eigenvalue weighted by Gasteiger charge is -2.10. The lowest BCUT2D eigenvalue weighted by molar-refractivity contribution is -0.122. The van der Waals surface area contributed by atoms with E-state index >= 15 is 0 Å². The van der Waals surface area contributed by atoms with Crippen LogP contribution in [0.15, 0.2) is 48.5 Å². The number of amides is 2. The van der Waals surface area contributed by atoms with E-state index in [9.17, 15) is 9.59 Å². The summed E-state index contributed by atoms with van der Waals surface area (Å²) in [5.74, 6) is -0.0114. The maximum atomic E-state index is 12.2. The van der Waals surface area contributed by atoms with Crippen molar-refractivity contribution in [2.24, 2.45) is 0 Å². The number of anilines is 1. The molecule has 0 heterocycles. The summed E-state index contributed by atoms with van der Waals surface area (Å²) in [6.07, 6.45) is 0. The SMILES string of the molecule is CCNC(=O)COc1cccc(NC(=O)c2ccccc2Cl)c1. The van der Waals surface area contributed by atoms with E-state index in [0.29, 0.717) is 28.6 Å². The highest BCUT2D eigenvalue weighted by Crippen LogP contribution is 2.20. The second-order valence-corrected chi connectivity index (χ2v) is 5.11. The zero-order valence-electron chi connectivity index (χ0n) is 12.6. The zero-order valence-corrected chi connectivity index (χ0v) is 13.4. The molecule has 120 valence electrons. The molecule has 2 aromatic rings. The van der Waals surface area contributed by atoms with Gasteiger partial charge in [0, 0.05) is 18.3 Å². The summed E-state index contributed by atoms with van der Waals surface area (Å²) >= 11 is 6.00. The lowest BCUT2D eigenvalue weighted by atomic mass is 10.2. The van der Waals surface area contributed by atoms with Crippen molar-refractivity contribution in [3.63, 3.8) is 0 Å². The first kappa shape index (κ1) is 16.8. The first-order valence-electron chi connectivity index (χ1n) is 7.15. The summed E-state index contributed by atoms with van der Waals surface area (Å²) in [6.45, 7) is 2.31. The second-order valence-electron chi connectivity index (χ2n) is 4.70. The molecule has 5 nitrogen and oxygen atoms in total. The number of ether oxygens (including phenoxy) is 1. The number of carbonyl (C=O) groups is 2. The van der Waals surface area contributed by atoms with Crippen molar-refractivity contribution in [2.75, 3.05) is 18.5 Å². The van der Waals surface area contributed by atoms with Gasteiger partial charge >= 0.3 is 0 Å². The van der Waals surface area contributed by atoms with Gasteiger partial charge < -0.3 is 15.4 Å². The normalized spacial score (nSPS) is 10.0. The minimum atomic E-state index is -0.309. The number of nitrogens with one attached hydrogen (secondary N) is 2. The molecule has 0 radical (unpaired) electrons. The van der Waals surface area contributed by atoms with Gasteiger partial charge in [0.1, 0.15) is 5.75 Å². The van der Waals surface area contributed by atoms with E-state index in [1.54, 1.807) is 48.5 Å². The van der Waals surface area contributed by atoms with Crippen molar-refractivity contribution < 1.29 is 14.3 Å². The Balaban J connectivity index is 2.01. The third-order valence-electron chi connectivity index (χ3n) is 2.95. The highest BCUT2D eigenvalue weighted by molar-refractivity contribution is 6.34. The molecule has 2 amide bonds. The van der Waals surface area contributed by atoms with Crippen molar-refractivity contribution in [3.05, 3.63) is 59.1 Å². The van der Waals surface area contributed by atoms with Crippen LogP contribution in [0.3, 0.4) is 0 Å². The summed E-state index contributed by atoms with van der Waals surface area (Å²) in [5.41, 5.74) is 0.950. The quantitative estimate of drug-likeness (QED) is 0.854. The monoisotopic (exact) mass is 332 g/mol. The van der Waals surface area contributed by atoms with E-state index in [-0.39, 0.29) is 18.4 Å². The molecule has 0 atom stereocenters. The molecular formula is C17H17ClN2O3. The highest BCUT2D eigenvalue weighted by atomic mass is 35.5. The summed E-state index contributed by atoms with van der Waals surface area (Å²) < 4.78 is 5.38. The molecule has 0 aliphatic heterocycles. The van der Waals surface area contributed by atoms with Crippen LogP contribution in [0.4, 0.5) is 5.69 Å². The van der Waals surface area contributed by atoms with Gasteiger partial charge in [-0.25, -0.2) is 0 Å². The molecule has 2 aromatic carbocycles. The van der Waals surface area contributed by atoms with Crippen molar-refractivity contribution in [1.29, 1.82) is 0 Å². The highest BCUT2D eigenvalue weighted by Gasteiger charge is 2.10. The van der Waals surface area contributed by atoms with Gasteiger partial charge in [-0.05, 0) is 31.2 Å². The number of rotatable bonds is 6. The maximum absolute atomic E-state index is 12.2. The number of hydrogen-bond donors (Lipinski definition) is 2. The number of benzene rings is 2. The first-order chi connectivity index (χ1) is 11.1. The molecule has 0 aromatic heterocycles. The fourth-order valence-corrected chi connectivity index (χ4v) is 2.13. The molecule has 0 saturated heterocycles. The molecule has 2 N–H and O–H groups in total. The smallest absolute Gasteiger partial charge is 0.257 e. The van der Waals surface area contributed by atoms with Crippen molar-refractivity contribution >= 4 is 29.1 Å². The molecule has 2 rings (SSSR count). The van der Waals surface area contributed by atoms with Gasteiger partial charge in [-0.3, -0.25) is 9.59 Å². The Bertz CT molecular complexity index is 704. The van der Waals surface area contributed by atoms with E-state index in [1.807, 2.05) is 6.92 Å². The Morgan fingerprint density at radius 1 is 1.13 bits per heavy atom. The van der Waals surface area contributed by atoms with Crippen LogP contribution in [0.5, 0.6) is 5.75 Å². The Morgan fingerprint density at radius 3 is 2.65 bits per heavy atom. The first-order valence-corrected chi connectivity index (χ1v) is 7.53. The Labute approximate surface area is 139 Å². The molecule has 0 aliphatic carbocycles. The van der Waals surface area contributed by atoms with Crippen LogP contribution in [0.25, 0.3) is 0 Å². The fourth-order valence-electron chi connectivity index (χ4n) is 1.90. The third kappa shape index (κ3) is 5.00. The van der Waals surface area contributed by atoms with Crippen molar-refractivity contribution in [1.82, 2.24) is 5.32 Å². The summed E-state index contributed by atoms with van der Waals surface area (Å²) in [5, 5.41) is 5.77. The number of halogens is 1. The van der Waals surface area contributed by atoms with Crippen LogP contribution in [0.2, 0.25) is 5.02 Å². The van der Waals surface area contributed by atoms with E-state index in [0.717, 1.165) is 0 Å². The van der Waals surface area contributed by atoms with Gasteiger partial charge in [-0.1, -0.05) is 29.8 Å². The summed E-state index contributed by atoms with van der Waals surface area (Å²) in [4.78, 5) is 23.6. The van der Waals surface area contributed by atoms with Gasteiger partial charge in [0.15, 0.2) is 6.61 Å². The van der Waals surface area contributed by atoms with Crippen LogP contribution in [-0.4, -0.2) is 25.0 Å². The van der Waals surface area contributed by atoms with Gasteiger partial charge in [-0.15, -0.1) is 0 Å². The van der Waals surface area contributed by atoms with Gasteiger partial charge in [0.25, 0.3) is 11.8 Å². The fraction of sp³-hybridized carbons (Fsp3) is 0.176. The van der Waals surface area contributed by atoms with Gasteiger partial charge in [-0.2, -0.15) is 0 Å². The lowest BCUT2D eigenvalue weighted by Crippen LogP contribution is -2.28. The Hall–Kier alpha value is -2.53. The summed E-state index contributed by atoms with van der Waals surface area (Å²) in [6, 6.07) is 13.6. The van der Waals surface area contributed by atoms with E-state index < -0.39 is 0 Å². The zero-order chi connectivity index (χ0) is 16.7. The standard InChI is InChI=1S/C17H17ClN2O3/c1-2-19-16(21)11-23-13-7-5-6-12(10-13)20-17(22)14-8-3-4-9-15(14)18/h3-10H,2,11H2,1H3,(H,19,21)(H,20,22). The number of carbonyl (C=O) groups excluding carboxylic acids is 2. The molecular weight excluding hydrogens is 316 g/mol. The average Bonchev–Trinajstić information content (AvgIpc) is 2.54. The van der Waals surface area contributed by atoms with Crippen LogP contribution in [0.1, 0.15) is 17.3 Å². The minimum Gasteiger partial charge on any atom is -0.484 e. The molecule has 23 heavy (non-hydrogen) atoms. The molecule has 6 heteroatoms. The van der Waals surface area contributed by atoms with Crippen molar-refractivity contribution in [3.8, 4) is 5.75 Å². The van der Waals surface area contributed by atoms with E-state index in [2.05, 4.69) is 10.6 Å². The topological polar surface area (TPSA) is 67.4 Å². The summed E-state index contributed by atoms with van der Waals surface area (Å²) in [7, 11) is 0. The molecule has 0 fully saturated rings. The van der Waals surface area contributed by atoms with E-state index in [1.165, 1.54) is 0 Å². The van der Waals surface area contributed by atoms with Gasteiger partial charge in [0.05, 0.1) is 10.6 Å². The third-order valence-corrected chi connectivity index (χ3v) is 3.28. The molecule has 0 saturated carbocycles. The number of hydrogen-bond acceptors (Lipinski definition) is 3. The molecule has 0 spiro atoms. The van der Waals surface area contributed by atoms with Gasteiger partial charge in [0.2, 0.25) is 0 Å². The van der Waals surface area contributed by atoms with E-state index in [4.69, 9.17) is 16.3 Å². The van der Waals surface area contributed by atoms with Crippen LogP contribution >= 0.6 is 11.6 Å². The van der Waals surface area contributed by atoms with Crippen LogP contribution < -0.4 is 15.4 Å². The van der Waals surface area contributed by atoms with Crippen molar-refractivity contribution in [2.45, 2.75) is 6.92 Å². The van der Waals surface area contributed by atoms with Crippen LogP contribution in [0, 0.1) is 0 Å². The molecule has 0 unspecified atom stereocenters. The van der Waals surface area contributed by atoms with Crippen LogP contribution in [-0.2, 0) is 4.79 Å².